The molecule has 7 nitrogen and oxygen atoms in total. The van der Waals surface area contributed by atoms with Crippen molar-refractivity contribution in [1.29, 1.82) is 0 Å². The summed E-state index contributed by atoms with van der Waals surface area (Å²) in [6, 6.07) is 6.11. The van der Waals surface area contributed by atoms with Crippen LogP contribution in [0.3, 0.4) is 0 Å². The van der Waals surface area contributed by atoms with Gasteiger partial charge in [-0.1, -0.05) is 0 Å². The Kier molecular flexibility index (Phi) is 4.32. The molecule has 0 aliphatic heterocycles. The Morgan fingerprint density at radius 2 is 2.10 bits per heavy atom. The quantitative estimate of drug-likeness (QED) is 0.351. The molecule has 0 aliphatic rings. The number of nitrogens with zero attached hydrogens (tertiary/aromatic N) is 2. The van der Waals surface area contributed by atoms with Gasteiger partial charge in [0.15, 0.2) is 5.78 Å². The van der Waals surface area contributed by atoms with Crippen molar-refractivity contribution >= 4 is 28.3 Å². The molecule has 1 heterocycles. The summed E-state index contributed by atoms with van der Waals surface area (Å²) >= 11 is 0. The van der Waals surface area contributed by atoms with Crippen LogP contribution < -0.4 is 0 Å². The molecule has 21 heavy (non-hydrogen) atoms. The lowest BCUT2D eigenvalue weighted by molar-refractivity contribution is -0.384. The third kappa shape index (κ3) is 3.44. The van der Waals surface area contributed by atoms with E-state index in [1.165, 1.54) is 12.1 Å². The fourth-order valence-corrected chi connectivity index (χ4v) is 2.06. The minimum Gasteiger partial charge on any atom is -0.466 e. The summed E-state index contributed by atoms with van der Waals surface area (Å²) in [4.78, 5) is 33.3. The molecule has 0 atom stereocenters. The molecule has 0 unspecified atom stereocenters. The molecule has 7 heteroatoms. The Labute approximate surface area is 120 Å². The normalized spacial score (nSPS) is 10.5. The van der Waals surface area contributed by atoms with Gasteiger partial charge in [-0.05, 0) is 19.1 Å². The SMILES string of the molecule is CCOC(=O)CC(=O)Cn1ccc2cc([N+](=O)[O-])ccc21. The number of nitro groups is 1. The van der Waals surface area contributed by atoms with Crippen LogP contribution in [0.15, 0.2) is 30.5 Å². The first-order valence-electron chi connectivity index (χ1n) is 6.42. The number of Topliss-reactive ketones (excluding diaryl/α,β-unsaturated/α-hetero) is 1. The van der Waals surface area contributed by atoms with Crippen LogP contribution in [-0.4, -0.2) is 27.8 Å². The molecule has 2 aromatic rings. The summed E-state index contributed by atoms with van der Waals surface area (Å²) in [5.41, 5.74) is 0.705. The number of hydrogen-bond acceptors (Lipinski definition) is 5. The summed E-state index contributed by atoms with van der Waals surface area (Å²) in [6.45, 7) is 1.94. The molecule has 0 amide bonds. The summed E-state index contributed by atoms with van der Waals surface area (Å²) < 4.78 is 6.37. The largest absolute Gasteiger partial charge is 0.466 e. The standard InChI is InChI=1S/C14H14N2O5/c1-2-21-14(18)8-12(17)9-15-6-5-10-7-11(16(19)20)3-4-13(10)15/h3-7H,2,8-9H2,1H3. The second-order valence-electron chi connectivity index (χ2n) is 4.46. The van der Waals surface area contributed by atoms with Crippen LogP contribution in [0.25, 0.3) is 10.9 Å². The first kappa shape index (κ1) is 14.7. The van der Waals surface area contributed by atoms with Gasteiger partial charge in [0.25, 0.3) is 5.69 Å². The van der Waals surface area contributed by atoms with Crippen molar-refractivity contribution in [3.8, 4) is 0 Å². The van der Waals surface area contributed by atoms with Crippen molar-refractivity contribution in [2.45, 2.75) is 19.9 Å². The Bertz CT molecular complexity index is 704. The molecule has 0 N–H and O–H groups in total. The number of hydrogen-bond donors (Lipinski definition) is 0. The van der Waals surface area contributed by atoms with Crippen molar-refractivity contribution in [1.82, 2.24) is 4.57 Å². The van der Waals surface area contributed by atoms with Gasteiger partial charge in [-0.2, -0.15) is 0 Å². The minimum atomic E-state index is -0.547. The van der Waals surface area contributed by atoms with Crippen molar-refractivity contribution in [3.63, 3.8) is 0 Å². The molecule has 1 aromatic heterocycles. The van der Waals surface area contributed by atoms with Crippen LogP contribution >= 0.6 is 0 Å². The third-order valence-corrected chi connectivity index (χ3v) is 2.96. The summed E-state index contributed by atoms with van der Waals surface area (Å²) in [5, 5.41) is 11.4. The van der Waals surface area contributed by atoms with E-state index in [9.17, 15) is 19.7 Å². The van der Waals surface area contributed by atoms with Gasteiger partial charge < -0.3 is 9.30 Å². The average molecular weight is 290 g/mol. The minimum absolute atomic E-state index is 0.00176. The maximum absolute atomic E-state index is 11.8. The van der Waals surface area contributed by atoms with Crippen LogP contribution in [-0.2, 0) is 20.9 Å². The molecule has 0 fully saturated rings. The van der Waals surface area contributed by atoms with E-state index in [-0.39, 0.29) is 31.0 Å². The molecule has 0 bridgehead atoms. The van der Waals surface area contributed by atoms with Crippen LogP contribution in [0, 0.1) is 10.1 Å². The van der Waals surface area contributed by atoms with E-state index in [1.807, 2.05) is 0 Å². The van der Waals surface area contributed by atoms with Crippen molar-refractivity contribution in [3.05, 3.63) is 40.6 Å². The Morgan fingerprint density at radius 1 is 1.33 bits per heavy atom. The van der Waals surface area contributed by atoms with E-state index in [2.05, 4.69) is 0 Å². The lowest BCUT2D eigenvalue weighted by atomic mass is 10.2. The van der Waals surface area contributed by atoms with Gasteiger partial charge in [-0.15, -0.1) is 0 Å². The van der Waals surface area contributed by atoms with E-state index < -0.39 is 10.9 Å². The smallest absolute Gasteiger partial charge is 0.313 e. The zero-order valence-electron chi connectivity index (χ0n) is 11.4. The Morgan fingerprint density at radius 3 is 2.76 bits per heavy atom. The van der Waals surface area contributed by atoms with Crippen molar-refractivity contribution in [2.24, 2.45) is 0 Å². The first-order chi connectivity index (χ1) is 10.0. The van der Waals surface area contributed by atoms with Crippen LogP contribution in [0.1, 0.15) is 13.3 Å². The highest BCUT2D eigenvalue weighted by molar-refractivity contribution is 5.96. The van der Waals surface area contributed by atoms with E-state index in [0.717, 1.165) is 0 Å². The van der Waals surface area contributed by atoms with Gasteiger partial charge in [-0.25, -0.2) is 0 Å². The van der Waals surface area contributed by atoms with Crippen LogP contribution in [0.2, 0.25) is 0 Å². The Balaban J connectivity index is 2.14. The second kappa shape index (κ2) is 6.17. The number of ketones is 1. The summed E-state index contributed by atoms with van der Waals surface area (Å²) in [5.74, 6) is -0.820. The molecular weight excluding hydrogens is 276 g/mol. The number of ether oxygens (including phenoxy) is 1. The first-order valence-corrected chi connectivity index (χ1v) is 6.42. The number of nitro benzene ring substituents is 1. The average Bonchev–Trinajstić information content (AvgIpc) is 2.81. The van der Waals surface area contributed by atoms with Crippen molar-refractivity contribution in [2.75, 3.05) is 6.61 Å². The van der Waals surface area contributed by atoms with Gasteiger partial charge in [0.2, 0.25) is 0 Å². The Hall–Kier alpha value is -2.70. The topological polar surface area (TPSA) is 91.4 Å². The van der Waals surface area contributed by atoms with Gasteiger partial charge >= 0.3 is 5.97 Å². The molecule has 2 rings (SSSR count). The zero-order chi connectivity index (χ0) is 15.4. The summed E-state index contributed by atoms with van der Waals surface area (Å²) in [7, 11) is 0. The highest BCUT2D eigenvalue weighted by atomic mass is 16.6. The third-order valence-electron chi connectivity index (χ3n) is 2.96. The predicted octanol–water partition coefficient (Wildman–Crippen LogP) is 2.07. The highest BCUT2D eigenvalue weighted by Gasteiger charge is 2.13. The number of rotatable bonds is 6. The molecule has 1 aromatic carbocycles. The van der Waals surface area contributed by atoms with Gasteiger partial charge in [-0.3, -0.25) is 19.7 Å². The predicted molar refractivity (Wildman–Crippen MR) is 74.8 cm³/mol. The van der Waals surface area contributed by atoms with Gasteiger partial charge in [0.05, 0.1) is 18.1 Å². The van der Waals surface area contributed by atoms with E-state index in [4.69, 9.17) is 4.74 Å². The monoisotopic (exact) mass is 290 g/mol. The van der Waals surface area contributed by atoms with E-state index in [0.29, 0.717) is 10.9 Å². The second-order valence-corrected chi connectivity index (χ2v) is 4.46. The molecule has 0 aliphatic carbocycles. The van der Waals surface area contributed by atoms with Gasteiger partial charge in [0.1, 0.15) is 6.42 Å². The molecular formula is C14H14N2O5. The van der Waals surface area contributed by atoms with E-state index >= 15 is 0 Å². The highest BCUT2D eigenvalue weighted by Crippen LogP contribution is 2.22. The lowest BCUT2D eigenvalue weighted by Gasteiger charge is -2.05. The number of esters is 1. The number of carbonyl (C=O) groups is 2. The maximum Gasteiger partial charge on any atom is 0.313 e. The fourth-order valence-electron chi connectivity index (χ4n) is 2.06. The molecule has 0 saturated heterocycles. The number of non-ortho nitro benzene ring substituents is 1. The number of aromatic nitrogens is 1. The van der Waals surface area contributed by atoms with Crippen LogP contribution in [0.5, 0.6) is 0 Å². The lowest BCUT2D eigenvalue weighted by Crippen LogP contribution is -2.15. The van der Waals surface area contributed by atoms with Crippen LogP contribution in [0.4, 0.5) is 5.69 Å². The van der Waals surface area contributed by atoms with Gasteiger partial charge in [0, 0.05) is 29.2 Å². The number of fused-ring (bicyclic) bond motifs is 1. The molecule has 110 valence electrons. The van der Waals surface area contributed by atoms with E-state index in [1.54, 1.807) is 29.8 Å². The maximum atomic E-state index is 11.8. The molecule has 0 radical (unpaired) electrons. The fraction of sp³-hybridized carbons (Fsp3) is 0.286. The number of carbonyl (C=O) groups excluding carboxylic acids is 2. The van der Waals surface area contributed by atoms with Crippen molar-refractivity contribution < 1.29 is 19.2 Å². The zero-order valence-corrected chi connectivity index (χ0v) is 11.4. The molecule has 0 saturated carbocycles. The number of benzene rings is 1. The summed E-state index contributed by atoms with van der Waals surface area (Å²) in [6.07, 6.45) is 1.39. The molecule has 0 spiro atoms.